The Morgan fingerprint density at radius 3 is 2.50 bits per heavy atom. The third-order valence-electron chi connectivity index (χ3n) is 9.64. The minimum absolute atomic E-state index is 0.102. The van der Waals surface area contributed by atoms with E-state index < -0.39 is 0 Å². The summed E-state index contributed by atoms with van der Waals surface area (Å²) in [4.78, 5) is 13.5. The number of hydrogen-bond acceptors (Lipinski definition) is 1. The minimum atomic E-state index is -0.102. The maximum absolute atomic E-state index is 13.5. The Labute approximate surface area is 171 Å². The van der Waals surface area contributed by atoms with Gasteiger partial charge in [0.15, 0.2) is 5.78 Å². The van der Waals surface area contributed by atoms with Gasteiger partial charge < -0.3 is 0 Å². The standard InChI is InChI=1S/C27H36O/c1-18-7-9-19(10-8-18)16-20-17-24-22-12-11-21-6-4-5-14-26(21,2)23(22)13-15-27(24,3)25(20)28/h7-10,16,21-24H,4-6,11-15,17H2,1-3H3/b20-16+/t21-,22-,23+,24+,26+,27+/m1/s1. The van der Waals surface area contributed by atoms with E-state index in [0.29, 0.717) is 17.1 Å². The van der Waals surface area contributed by atoms with Crippen LogP contribution in [0, 0.1) is 41.4 Å². The van der Waals surface area contributed by atoms with E-state index in [2.05, 4.69) is 51.1 Å². The Hall–Kier alpha value is -1.37. The molecule has 0 saturated heterocycles. The molecule has 0 heterocycles. The summed E-state index contributed by atoms with van der Waals surface area (Å²) in [5.41, 5.74) is 4.02. The summed E-state index contributed by atoms with van der Waals surface area (Å²) in [7, 11) is 0. The number of allylic oxidation sites excluding steroid dienone is 1. The van der Waals surface area contributed by atoms with Crippen LogP contribution in [-0.4, -0.2) is 5.78 Å². The number of Topliss-reactive ketones (excluding diaryl/α,β-unsaturated/α-hetero) is 1. The van der Waals surface area contributed by atoms with Crippen LogP contribution in [0.3, 0.4) is 0 Å². The van der Waals surface area contributed by atoms with Crippen molar-refractivity contribution in [1.82, 2.24) is 0 Å². The lowest BCUT2D eigenvalue weighted by molar-refractivity contribution is -0.137. The smallest absolute Gasteiger partial charge is 0.165 e. The van der Waals surface area contributed by atoms with Gasteiger partial charge in [-0.05, 0) is 98.2 Å². The number of carbonyl (C=O) groups excluding carboxylic acids is 1. The Kier molecular flexibility index (Phi) is 4.38. The summed E-state index contributed by atoms with van der Waals surface area (Å²) in [5.74, 6) is 3.62. The zero-order valence-corrected chi connectivity index (χ0v) is 18.0. The average molecular weight is 377 g/mol. The molecule has 4 aliphatic rings. The zero-order chi connectivity index (χ0) is 19.5. The first-order valence-corrected chi connectivity index (χ1v) is 11.7. The summed E-state index contributed by atoms with van der Waals surface area (Å²) >= 11 is 0. The highest BCUT2D eigenvalue weighted by atomic mass is 16.1. The van der Waals surface area contributed by atoms with Crippen molar-refractivity contribution < 1.29 is 4.79 Å². The Bertz CT molecular complexity index is 802. The van der Waals surface area contributed by atoms with Crippen LogP contribution in [-0.2, 0) is 4.79 Å². The largest absolute Gasteiger partial charge is 0.294 e. The van der Waals surface area contributed by atoms with Crippen molar-refractivity contribution in [2.75, 3.05) is 0 Å². The molecule has 0 unspecified atom stereocenters. The molecule has 5 rings (SSSR count). The Morgan fingerprint density at radius 1 is 0.929 bits per heavy atom. The minimum Gasteiger partial charge on any atom is -0.294 e. The van der Waals surface area contributed by atoms with Crippen molar-refractivity contribution in [2.45, 2.75) is 78.6 Å². The summed E-state index contributed by atoms with van der Waals surface area (Å²) in [5, 5.41) is 0. The van der Waals surface area contributed by atoms with E-state index in [1.807, 2.05) is 0 Å². The summed E-state index contributed by atoms with van der Waals surface area (Å²) in [6.45, 7) is 7.05. The molecule has 150 valence electrons. The molecule has 4 saturated carbocycles. The first-order chi connectivity index (χ1) is 13.4. The quantitative estimate of drug-likeness (QED) is 0.483. The first kappa shape index (κ1) is 18.6. The molecule has 0 aliphatic heterocycles. The van der Waals surface area contributed by atoms with E-state index in [0.717, 1.165) is 36.2 Å². The van der Waals surface area contributed by atoms with Crippen LogP contribution in [0.4, 0.5) is 0 Å². The van der Waals surface area contributed by atoms with E-state index in [1.165, 1.54) is 56.1 Å². The third kappa shape index (κ3) is 2.68. The van der Waals surface area contributed by atoms with Gasteiger partial charge in [-0.1, -0.05) is 56.5 Å². The van der Waals surface area contributed by atoms with E-state index in [-0.39, 0.29) is 5.41 Å². The lowest BCUT2D eigenvalue weighted by Gasteiger charge is -2.59. The van der Waals surface area contributed by atoms with Crippen LogP contribution >= 0.6 is 0 Å². The number of benzene rings is 1. The number of carbonyl (C=O) groups is 1. The van der Waals surface area contributed by atoms with Crippen LogP contribution in [0.25, 0.3) is 6.08 Å². The van der Waals surface area contributed by atoms with E-state index in [1.54, 1.807) is 0 Å². The highest BCUT2D eigenvalue weighted by Gasteiger charge is 2.60. The van der Waals surface area contributed by atoms with Gasteiger partial charge in [0.05, 0.1) is 0 Å². The molecule has 0 radical (unpaired) electrons. The fourth-order valence-corrected chi connectivity index (χ4v) is 7.96. The van der Waals surface area contributed by atoms with E-state index in [9.17, 15) is 4.79 Å². The van der Waals surface area contributed by atoms with Gasteiger partial charge in [0, 0.05) is 5.41 Å². The predicted octanol–water partition coefficient (Wildman–Crippen LogP) is 6.99. The lowest BCUT2D eigenvalue weighted by Crippen LogP contribution is -2.52. The van der Waals surface area contributed by atoms with Crippen LogP contribution < -0.4 is 0 Å². The number of rotatable bonds is 1. The molecular weight excluding hydrogens is 340 g/mol. The SMILES string of the molecule is Cc1ccc(/C=C2\C[C@H]3[C@@H]4CC[C@H]5CCCC[C@]5(C)[C@H]4CC[C@]3(C)C2=O)cc1. The normalized spacial score (nSPS) is 44.1. The van der Waals surface area contributed by atoms with Gasteiger partial charge in [-0.3, -0.25) is 4.79 Å². The summed E-state index contributed by atoms with van der Waals surface area (Å²) in [6, 6.07) is 8.64. The van der Waals surface area contributed by atoms with Crippen molar-refractivity contribution in [2.24, 2.45) is 34.5 Å². The molecular formula is C27H36O. The highest BCUT2D eigenvalue weighted by molar-refractivity contribution is 6.05. The zero-order valence-electron chi connectivity index (χ0n) is 18.0. The average Bonchev–Trinajstić information content (AvgIpc) is 2.94. The van der Waals surface area contributed by atoms with Crippen molar-refractivity contribution in [3.8, 4) is 0 Å². The van der Waals surface area contributed by atoms with Crippen molar-refractivity contribution >= 4 is 11.9 Å². The van der Waals surface area contributed by atoms with Gasteiger partial charge in [-0.2, -0.15) is 0 Å². The molecule has 1 aromatic rings. The first-order valence-electron chi connectivity index (χ1n) is 11.7. The summed E-state index contributed by atoms with van der Waals surface area (Å²) < 4.78 is 0. The second kappa shape index (κ2) is 6.57. The molecule has 6 atom stereocenters. The molecule has 1 nitrogen and oxygen atoms in total. The van der Waals surface area contributed by atoms with Gasteiger partial charge in [-0.15, -0.1) is 0 Å². The van der Waals surface area contributed by atoms with Gasteiger partial charge >= 0.3 is 0 Å². The number of fused-ring (bicyclic) bond motifs is 5. The third-order valence-corrected chi connectivity index (χ3v) is 9.64. The van der Waals surface area contributed by atoms with Gasteiger partial charge in [0.2, 0.25) is 0 Å². The second-order valence-electron chi connectivity index (χ2n) is 11.0. The maximum Gasteiger partial charge on any atom is 0.165 e. The second-order valence-corrected chi connectivity index (χ2v) is 11.0. The van der Waals surface area contributed by atoms with E-state index in [4.69, 9.17) is 0 Å². The molecule has 4 fully saturated rings. The van der Waals surface area contributed by atoms with Gasteiger partial charge in [-0.25, -0.2) is 0 Å². The Morgan fingerprint density at radius 2 is 1.71 bits per heavy atom. The van der Waals surface area contributed by atoms with Crippen LogP contribution in [0.2, 0.25) is 0 Å². The highest BCUT2D eigenvalue weighted by Crippen LogP contribution is 2.66. The van der Waals surface area contributed by atoms with Crippen molar-refractivity contribution in [1.29, 1.82) is 0 Å². The fourth-order valence-electron chi connectivity index (χ4n) is 7.96. The number of aryl methyl sites for hydroxylation is 1. The van der Waals surface area contributed by atoms with Crippen molar-refractivity contribution in [3.63, 3.8) is 0 Å². The Balaban J connectivity index is 1.45. The number of hydrogen-bond donors (Lipinski definition) is 0. The van der Waals surface area contributed by atoms with Gasteiger partial charge in [0.25, 0.3) is 0 Å². The molecule has 1 aromatic carbocycles. The van der Waals surface area contributed by atoms with Crippen molar-refractivity contribution in [3.05, 3.63) is 41.0 Å². The molecule has 28 heavy (non-hydrogen) atoms. The van der Waals surface area contributed by atoms with Gasteiger partial charge in [0.1, 0.15) is 0 Å². The molecule has 0 N–H and O–H groups in total. The lowest BCUT2D eigenvalue weighted by atomic mass is 9.45. The fraction of sp³-hybridized carbons (Fsp3) is 0.667. The monoisotopic (exact) mass is 376 g/mol. The molecule has 0 aromatic heterocycles. The maximum atomic E-state index is 13.5. The van der Waals surface area contributed by atoms with Crippen LogP contribution in [0.5, 0.6) is 0 Å². The predicted molar refractivity (Wildman–Crippen MR) is 116 cm³/mol. The van der Waals surface area contributed by atoms with Crippen LogP contribution in [0.15, 0.2) is 29.8 Å². The van der Waals surface area contributed by atoms with Crippen LogP contribution in [0.1, 0.15) is 82.8 Å². The topological polar surface area (TPSA) is 17.1 Å². The molecule has 0 bridgehead atoms. The van der Waals surface area contributed by atoms with E-state index >= 15 is 0 Å². The molecule has 0 amide bonds. The molecule has 0 spiro atoms. The summed E-state index contributed by atoms with van der Waals surface area (Å²) in [6.07, 6.45) is 14.2. The molecule has 4 aliphatic carbocycles. The number of ketones is 1. The molecule has 1 heteroatoms.